The summed E-state index contributed by atoms with van der Waals surface area (Å²) in [4.78, 5) is 6.48. The lowest BCUT2D eigenvalue weighted by atomic mass is 10.0. The molecule has 0 radical (unpaired) electrons. The van der Waals surface area contributed by atoms with E-state index in [1.807, 2.05) is 53.4 Å². The standard InChI is InChI=1S/C31H31N3O6/c1-36-29-17-21(2-4-25(29)31(35)34-10-14-38-15-11-34)28-18-26-30(40-28)24(6-9-33-26)20-3-5-27(22(16-20)19-32)39-23-7-12-37-13-8-23/h2-6,9,16-18,23,31,35H,7-8,10-15H2,1H3. The van der Waals surface area contributed by atoms with Crippen molar-refractivity contribution in [3.8, 4) is 40.0 Å². The first-order chi connectivity index (χ1) is 19.6. The van der Waals surface area contributed by atoms with Crippen LogP contribution < -0.4 is 9.47 Å². The third-order valence-corrected chi connectivity index (χ3v) is 7.47. The highest BCUT2D eigenvalue weighted by Gasteiger charge is 2.24. The molecule has 2 aliphatic heterocycles. The van der Waals surface area contributed by atoms with E-state index in [-0.39, 0.29) is 6.10 Å². The van der Waals surface area contributed by atoms with Crippen molar-refractivity contribution < 1.29 is 28.5 Å². The van der Waals surface area contributed by atoms with Crippen LogP contribution in [-0.4, -0.2) is 67.7 Å². The highest BCUT2D eigenvalue weighted by molar-refractivity contribution is 5.92. The quantitative estimate of drug-likeness (QED) is 0.348. The third kappa shape index (κ3) is 5.27. The number of pyridine rings is 1. The Morgan fingerprint density at radius 1 is 0.975 bits per heavy atom. The molecule has 6 rings (SSSR count). The van der Waals surface area contributed by atoms with Crippen LogP contribution in [0.3, 0.4) is 0 Å². The summed E-state index contributed by atoms with van der Waals surface area (Å²) in [5.41, 5.74) is 4.95. The number of morpholine rings is 1. The number of ether oxygens (including phenoxy) is 4. The number of hydrogen-bond acceptors (Lipinski definition) is 9. The van der Waals surface area contributed by atoms with Crippen LogP contribution in [0.5, 0.6) is 11.5 Å². The van der Waals surface area contributed by atoms with Crippen LogP contribution in [0.15, 0.2) is 59.1 Å². The second kappa shape index (κ2) is 11.7. The maximum absolute atomic E-state index is 11.0. The monoisotopic (exact) mass is 541 g/mol. The molecule has 1 N–H and O–H groups in total. The van der Waals surface area contributed by atoms with Crippen molar-refractivity contribution in [2.45, 2.75) is 25.2 Å². The van der Waals surface area contributed by atoms with Gasteiger partial charge in [0.05, 0.1) is 39.1 Å². The Labute approximate surface area is 232 Å². The summed E-state index contributed by atoms with van der Waals surface area (Å²) in [5, 5.41) is 20.8. The second-order valence-corrected chi connectivity index (χ2v) is 9.91. The Balaban J connectivity index is 1.30. The number of aromatic nitrogens is 1. The lowest BCUT2D eigenvalue weighted by Gasteiger charge is -2.31. The summed E-state index contributed by atoms with van der Waals surface area (Å²) < 4.78 is 29.0. The van der Waals surface area contributed by atoms with Gasteiger partial charge in [0.25, 0.3) is 0 Å². The molecule has 206 valence electrons. The number of fused-ring (bicyclic) bond motifs is 1. The number of methoxy groups -OCH3 is 1. The van der Waals surface area contributed by atoms with Crippen LogP contribution in [-0.2, 0) is 9.47 Å². The van der Waals surface area contributed by atoms with Gasteiger partial charge in [-0.05, 0) is 29.8 Å². The van der Waals surface area contributed by atoms with E-state index in [0.29, 0.717) is 79.0 Å². The van der Waals surface area contributed by atoms with Gasteiger partial charge < -0.3 is 28.5 Å². The van der Waals surface area contributed by atoms with Crippen molar-refractivity contribution in [1.29, 1.82) is 5.26 Å². The van der Waals surface area contributed by atoms with Gasteiger partial charge in [-0.2, -0.15) is 5.26 Å². The highest BCUT2D eigenvalue weighted by atomic mass is 16.5. The Bertz CT molecular complexity index is 1530. The number of benzene rings is 2. The van der Waals surface area contributed by atoms with E-state index in [9.17, 15) is 10.4 Å². The zero-order valence-corrected chi connectivity index (χ0v) is 22.3. The predicted molar refractivity (Wildman–Crippen MR) is 148 cm³/mol. The summed E-state index contributed by atoms with van der Waals surface area (Å²) in [7, 11) is 1.59. The predicted octanol–water partition coefficient (Wildman–Crippen LogP) is 4.92. The Kier molecular flexibility index (Phi) is 7.66. The summed E-state index contributed by atoms with van der Waals surface area (Å²) in [5.74, 6) is 1.78. The van der Waals surface area contributed by atoms with E-state index >= 15 is 0 Å². The highest BCUT2D eigenvalue weighted by Crippen LogP contribution is 2.38. The van der Waals surface area contributed by atoms with Crippen LogP contribution in [0.2, 0.25) is 0 Å². The molecule has 2 fully saturated rings. The van der Waals surface area contributed by atoms with E-state index < -0.39 is 6.23 Å². The maximum atomic E-state index is 11.0. The first kappa shape index (κ1) is 26.3. The van der Waals surface area contributed by atoms with Crippen LogP contribution >= 0.6 is 0 Å². The van der Waals surface area contributed by atoms with Gasteiger partial charge in [-0.15, -0.1) is 0 Å². The Morgan fingerprint density at radius 3 is 2.52 bits per heavy atom. The molecule has 4 heterocycles. The average molecular weight is 542 g/mol. The molecular weight excluding hydrogens is 510 g/mol. The van der Waals surface area contributed by atoms with E-state index in [0.717, 1.165) is 29.5 Å². The molecular formula is C31H31N3O6. The zero-order valence-electron chi connectivity index (χ0n) is 22.3. The third-order valence-electron chi connectivity index (χ3n) is 7.47. The van der Waals surface area contributed by atoms with Gasteiger partial charge in [0, 0.05) is 54.9 Å². The molecule has 0 aliphatic carbocycles. The molecule has 0 amide bonds. The fourth-order valence-electron chi connectivity index (χ4n) is 5.27. The fraction of sp³-hybridized carbons (Fsp3) is 0.355. The molecule has 1 unspecified atom stereocenters. The van der Waals surface area contributed by atoms with Gasteiger partial charge in [-0.1, -0.05) is 18.2 Å². The summed E-state index contributed by atoms with van der Waals surface area (Å²) in [6, 6.07) is 17.3. The largest absolute Gasteiger partial charge is 0.496 e. The van der Waals surface area contributed by atoms with Crippen molar-refractivity contribution in [3.63, 3.8) is 0 Å². The Morgan fingerprint density at radius 2 is 1.75 bits per heavy atom. The molecule has 4 aromatic rings. The van der Waals surface area contributed by atoms with Crippen LogP contribution in [0, 0.1) is 11.3 Å². The van der Waals surface area contributed by atoms with Crippen LogP contribution in [0.1, 0.15) is 30.2 Å². The first-order valence-corrected chi connectivity index (χ1v) is 13.5. The van der Waals surface area contributed by atoms with Crippen molar-refractivity contribution in [2.24, 2.45) is 0 Å². The molecule has 2 aliphatic rings. The van der Waals surface area contributed by atoms with Gasteiger partial charge in [-0.3, -0.25) is 9.88 Å². The van der Waals surface area contributed by atoms with E-state index in [1.54, 1.807) is 13.3 Å². The molecule has 40 heavy (non-hydrogen) atoms. The van der Waals surface area contributed by atoms with Crippen molar-refractivity contribution in [2.75, 3.05) is 46.6 Å². The van der Waals surface area contributed by atoms with Gasteiger partial charge in [0.1, 0.15) is 41.2 Å². The van der Waals surface area contributed by atoms with E-state index in [4.69, 9.17) is 23.4 Å². The van der Waals surface area contributed by atoms with Crippen LogP contribution in [0.4, 0.5) is 0 Å². The van der Waals surface area contributed by atoms with E-state index in [2.05, 4.69) is 11.1 Å². The minimum atomic E-state index is -0.787. The van der Waals surface area contributed by atoms with E-state index in [1.165, 1.54) is 0 Å². The number of nitrogens with zero attached hydrogens (tertiary/aromatic N) is 3. The minimum Gasteiger partial charge on any atom is -0.496 e. The summed E-state index contributed by atoms with van der Waals surface area (Å²) in [6.07, 6.45) is 2.61. The van der Waals surface area contributed by atoms with Gasteiger partial charge >= 0.3 is 0 Å². The molecule has 0 spiro atoms. The normalized spacial score (nSPS) is 17.4. The number of furan rings is 1. The minimum absolute atomic E-state index is 0.0466. The molecule has 0 bridgehead atoms. The topological polar surface area (TPSA) is 110 Å². The van der Waals surface area contributed by atoms with Gasteiger partial charge in [0.2, 0.25) is 0 Å². The second-order valence-electron chi connectivity index (χ2n) is 9.91. The van der Waals surface area contributed by atoms with Crippen molar-refractivity contribution in [3.05, 3.63) is 65.9 Å². The molecule has 2 aromatic heterocycles. The molecule has 1 atom stereocenters. The molecule has 9 heteroatoms. The first-order valence-electron chi connectivity index (χ1n) is 13.5. The van der Waals surface area contributed by atoms with Gasteiger partial charge in [-0.25, -0.2) is 0 Å². The molecule has 9 nitrogen and oxygen atoms in total. The van der Waals surface area contributed by atoms with Gasteiger partial charge in [0.15, 0.2) is 5.58 Å². The zero-order chi connectivity index (χ0) is 27.5. The number of nitriles is 1. The lowest BCUT2D eigenvalue weighted by molar-refractivity contribution is -0.0611. The SMILES string of the molecule is COc1cc(-c2cc3nccc(-c4ccc(OC5CCOCC5)c(C#N)c4)c3o2)ccc1C(O)N1CCOCC1. The Hall–Kier alpha value is -3.94. The fourth-order valence-corrected chi connectivity index (χ4v) is 5.27. The average Bonchev–Trinajstić information content (AvgIpc) is 3.46. The van der Waals surface area contributed by atoms with Crippen molar-refractivity contribution >= 4 is 11.1 Å². The van der Waals surface area contributed by atoms with Crippen molar-refractivity contribution in [1.82, 2.24) is 9.88 Å². The summed E-state index contributed by atoms with van der Waals surface area (Å²) in [6.45, 7) is 3.83. The molecule has 2 saturated heterocycles. The number of aliphatic hydroxyl groups is 1. The summed E-state index contributed by atoms with van der Waals surface area (Å²) >= 11 is 0. The lowest BCUT2D eigenvalue weighted by Crippen LogP contribution is -2.39. The molecule has 2 aromatic carbocycles. The number of rotatable bonds is 7. The number of aliphatic hydroxyl groups excluding tert-OH is 1. The number of hydrogen-bond donors (Lipinski definition) is 1. The maximum Gasteiger partial charge on any atom is 0.161 e. The smallest absolute Gasteiger partial charge is 0.161 e. The van der Waals surface area contributed by atoms with Crippen LogP contribution in [0.25, 0.3) is 33.6 Å². The molecule has 0 saturated carbocycles.